The molecule has 1 saturated carbocycles. The van der Waals surface area contributed by atoms with Crippen LogP contribution in [0.25, 0.3) is 11.3 Å². The van der Waals surface area contributed by atoms with E-state index >= 15 is 0 Å². The van der Waals surface area contributed by atoms with Gasteiger partial charge in [0.1, 0.15) is 12.1 Å². The summed E-state index contributed by atoms with van der Waals surface area (Å²) in [5.41, 5.74) is 1.84. The molecule has 0 radical (unpaired) electrons. The number of hydrogen-bond acceptors (Lipinski definition) is 7. The quantitative estimate of drug-likeness (QED) is 0.677. The molecule has 0 unspecified atom stereocenters. The number of anilines is 1. The van der Waals surface area contributed by atoms with Crippen molar-refractivity contribution >= 4 is 11.9 Å². The first-order chi connectivity index (χ1) is 15.6. The van der Waals surface area contributed by atoms with Gasteiger partial charge in [-0.15, -0.1) is 0 Å². The molecule has 3 aliphatic rings. The molecule has 2 aromatic rings. The van der Waals surface area contributed by atoms with Crippen molar-refractivity contribution in [3.63, 3.8) is 0 Å². The number of piperazine rings is 1. The number of rotatable bonds is 4. The average molecular weight is 441 g/mol. The number of likely N-dealkylation sites (tertiary alicyclic amines) is 1. The Kier molecular flexibility index (Phi) is 5.67. The summed E-state index contributed by atoms with van der Waals surface area (Å²) in [7, 11) is 0. The van der Waals surface area contributed by atoms with Crippen LogP contribution in [0.5, 0.6) is 0 Å². The molecule has 1 atom stereocenters. The van der Waals surface area contributed by atoms with E-state index in [0.717, 1.165) is 63.4 Å². The number of halogens is 1. The first-order valence-corrected chi connectivity index (χ1v) is 11.4. The Morgan fingerprint density at radius 2 is 2.03 bits per heavy atom. The summed E-state index contributed by atoms with van der Waals surface area (Å²) >= 11 is 0. The molecule has 1 aliphatic carbocycles. The highest BCUT2D eigenvalue weighted by Crippen LogP contribution is 2.47. The van der Waals surface area contributed by atoms with Crippen LogP contribution >= 0.6 is 0 Å². The molecule has 0 N–H and O–H groups in total. The molecule has 3 fully saturated rings. The molecule has 1 spiro atoms. The van der Waals surface area contributed by atoms with Crippen LogP contribution in [0.4, 0.5) is 15.0 Å². The van der Waals surface area contributed by atoms with Gasteiger partial charge >= 0.3 is 6.09 Å². The highest BCUT2D eigenvalue weighted by molar-refractivity contribution is 5.73. The van der Waals surface area contributed by atoms with E-state index in [0.29, 0.717) is 18.5 Å². The number of carbonyl (C=O) groups is 1. The lowest BCUT2D eigenvalue weighted by Gasteiger charge is -2.48. The Morgan fingerprint density at radius 1 is 1.22 bits per heavy atom. The van der Waals surface area contributed by atoms with Crippen LogP contribution < -0.4 is 4.90 Å². The molecule has 32 heavy (non-hydrogen) atoms. The first-order valence-electron chi connectivity index (χ1n) is 11.4. The maximum Gasteiger partial charge on any atom is 0.409 e. The number of nitrogens with zero attached hydrogens (tertiary/aromatic N) is 6. The molecule has 5 rings (SSSR count). The normalized spacial score (nSPS) is 22.8. The third-order valence-corrected chi connectivity index (χ3v) is 7.08. The SMILES string of the molecule is CCOC(=O)N1CC2(CC[C@@H](N3CCN(c4nc(F)ccc4-c4ccncn4)CC3)C2)C1. The molecule has 2 aromatic heterocycles. The van der Waals surface area contributed by atoms with E-state index in [9.17, 15) is 9.18 Å². The first kappa shape index (κ1) is 21.1. The van der Waals surface area contributed by atoms with Crippen LogP contribution in [0.1, 0.15) is 26.2 Å². The fourth-order valence-corrected chi connectivity index (χ4v) is 5.50. The van der Waals surface area contributed by atoms with Gasteiger partial charge in [-0.1, -0.05) is 0 Å². The molecule has 4 heterocycles. The summed E-state index contributed by atoms with van der Waals surface area (Å²) < 4.78 is 19.1. The molecule has 9 heteroatoms. The second-order valence-electron chi connectivity index (χ2n) is 9.07. The third kappa shape index (κ3) is 4.01. The number of carbonyl (C=O) groups excluding carboxylic acids is 1. The zero-order valence-electron chi connectivity index (χ0n) is 18.4. The lowest BCUT2D eigenvalue weighted by molar-refractivity contribution is -0.00294. The summed E-state index contributed by atoms with van der Waals surface area (Å²) in [6.07, 6.45) is 6.47. The number of ether oxygens (including phenoxy) is 1. The fraction of sp³-hybridized carbons (Fsp3) is 0.565. The van der Waals surface area contributed by atoms with Gasteiger partial charge in [-0.25, -0.2) is 19.7 Å². The van der Waals surface area contributed by atoms with E-state index in [2.05, 4.69) is 24.8 Å². The minimum Gasteiger partial charge on any atom is -0.450 e. The summed E-state index contributed by atoms with van der Waals surface area (Å²) in [5, 5.41) is 0. The number of aromatic nitrogens is 3. The van der Waals surface area contributed by atoms with E-state index in [4.69, 9.17) is 4.74 Å². The van der Waals surface area contributed by atoms with Crippen LogP contribution in [0, 0.1) is 11.4 Å². The Morgan fingerprint density at radius 3 is 2.75 bits per heavy atom. The lowest BCUT2D eigenvalue weighted by Crippen LogP contribution is -2.58. The Balaban J connectivity index is 1.20. The van der Waals surface area contributed by atoms with Crippen molar-refractivity contribution in [2.45, 2.75) is 32.2 Å². The van der Waals surface area contributed by atoms with Crippen LogP contribution in [-0.2, 0) is 4.74 Å². The lowest BCUT2D eigenvalue weighted by atomic mass is 9.78. The maximum absolute atomic E-state index is 14.0. The second kappa shape index (κ2) is 8.61. The monoisotopic (exact) mass is 440 g/mol. The summed E-state index contributed by atoms with van der Waals surface area (Å²) in [6.45, 7) is 7.34. The minimum atomic E-state index is -0.478. The van der Waals surface area contributed by atoms with Gasteiger partial charge in [0.15, 0.2) is 0 Å². The van der Waals surface area contributed by atoms with E-state index in [1.807, 2.05) is 17.9 Å². The van der Waals surface area contributed by atoms with E-state index in [-0.39, 0.29) is 11.5 Å². The van der Waals surface area contributed by atoms with Gasteiger partial charge in [-0.05, 0) is 44.4 Å². The van der Waals surface area contributed by atoms with Gasteiger partial charge in [0, 0.05) is 62.5 Å². The Hall–Kier alpha value is -2.81. The minimum absolute atomic E-state index is 0.183. The fourth-order valence-electron chi connectivity index (χ4n) is 5.50. The van der Waals surface area contributed by atoms with Crippen molar-refractivity contribution in [1.29, 1.82) is 0 Å². The highest BCUT2D eigenvalue weighted by atomic mass is 19.1. The van der Waals surface area contributed by atoms with Gasteiger partial charge in [0.05, 0.1) is 12.3 Å². The maximum atomic E-state index is 14.0. The van der Waals surface area contributed by atoms with Gasteiger partial charge in [0.25, 0.3) is 0 Å². The molecule has 170 valence electrons. The number of amides is 1. The molecule has 0 bridgehead atoms. The van der Waals surface area contributed by atoms with Gasteiger partial charge in [0.2, 0.25) is 5.95 Å². The topological polar surface area (TPSA) is 74.7 Å². The van der Waals surface area contributed by atoms with E-state index < -0.39 is 5.95 Å². The molecule has 8 nitrogen and oxygen atoms in total. The summed E-state index contributed by atoms with van der Waals surface area (Å²) in [4.78, 5) is 31.0. The zero-order valence-corrected chi connectivity index (χ0v) is 18.4. The standard InChI is InChI=1S/C23H29FN6O2/c1-2-32-22(31)30-14-23(15-30)7-5-17(13-23)28-9-11-29(12-10-28)21-18(3-4-20(24)27-21)19-6-8-25-16-26-19/h3-4,6,8,16-17H,2,5,7,9-15H2,1H3/t17-/m1/s1. The van der Waals surface area contributed by atoms with Crippen molar-refractivity contribution in [3.05, 3.63) is 36.7 Å². The van der Waals surface area contributed by atoms with Crippen LogP contribution in [0.2, 0.25) is 0 Å². The molecular formula is C23H29FN6O2. The average Bonchev–Trinajstić information content (AvgIpc) is 3.25. The molecule has 1 amide bonds. The molecule has 0 aromatic carbocycles. The summed E-state index contributed by atoms with van der Waals surface area (Å²) in [5.74, 6) is 0.171. The molecular weight excluding hydrogens is 411 g/mol. The van der Waals surface area contributed by atoms with Crippen LogP contribution in [0.3, 0.4) is 0 Å². The molecule has 2 aliphatic heterocycles. The predicted molar refractivity (Wildman–Crippen MR) is 118 cm³/mol. The van der Waals surface area contributed by atoms with E-state index in [1.54, 1.807) is 12.3 Å². The van der Waals surface area contributed by atoms with Crippen LogP contribution in [-0.4, -0.2) is 82.8 Å². The predicted octanol–water partition coefficient (Wildman–Crippen LogP) is 2.81. The van der Waals surface area contributed by atoms with Crippen molar-refractivity contribution < 1.29 is 13.9 Å². The van der Waals surface area contributed by atoms with Crippen molar-refractivity contribution in [2.24, 2.45) is 5.41 Å². The third-order valence-electron chi connectivity index (χ3n) is 7.08. The zero-order chi connectivity index (χ0) is 22.1. The van der Waals surface area contributed by atoms with Gasteiger partial charge in [-0.2, -0.15) is 4.39 Å². The smallest absolute Gasteiger partial charge is 0.409 e. The number of hydrogen-bond donors (Lipinski definition) is 0. The number of pyridine rings is 1. The van der Waals surface area contributed by atoms with Gasteiger partial charge in [-0.3, -0.25) is 4.90 Å². The molecule has 2 saturated heterocycles. The van der Waals surface area contributed by atoms with Gasteiger partial charge < -0.3 is 14.5 Å². The van der Waals surface area contributed by atoms with Crippen molar-refractivity contribution in [3.8, 4) is 11.3 Å². The highest BCUT2D eigenvalue weighted by Gasteiger charge is 2.51. The largest absolute Gasteiger partial charge is 0.450 e. The van der Waals surface area contributed by atoms with Crippen molar-refractivity contribution in [2.75, 3.05) is 50.8 Å². The second-order valence-corrected chi connectivity index (χ2v) is 9.07. The van der Waals surface area contributed by atoms with Crippen molar-refractivity contribution in [1.82, 2.24) is 24.8 Å². The summed E-state index contributed by atoms with van der Waals surface area (Å²) in [6, 6.07) is 5.50. The van der Waals surface area contributed by atoms with Crippen LogP contribution in [0.15, 0.2) is 30.7 Å². The Labute approximate surface area is 187 Å². The Bertz CT molecular complexity index is 960. The van der Waals surface area contributed by atoms with E-state index in [1.165, 1.54) is 18.8 Å².